The van der Waals surface area contributed by atoms with Crippen molar-refractivity contribution in [2.75, 3.05) is 12.5 Å². The van der Waals surface area contributed by atoms with Crippen LogP contribution in [0.3, 0.4) is 0 Å². The third-order valence-electron chi connectivity index (χ3n) is 5.01. The fraction of sp³-hybridized carbons (Fsp3) is 0.160. The van der Waals surface area contributed by atoms with E-state index in [1.54, 1.807) is 0 Å². The molecule has 0 atom stereocenters. The first-order valence-electron chi connectivity index (χ1n) is 10.2. The van der Waals surface area contributed by atoms with Gasteiger partial charge in [0.05, 0.1) is 11.3 Å². The summed E-state index contributed by atoms with van der Waals surface area (Å²) in [5.41, 5.74) is 3.74. The highest BCUT2D eigenvalue weighted by Crippen LogP contribution is 2.33. The first-order valence-corrected chi connectivity index (χ1v) is 11.1. The lowest BCUT2D eigenvalue weighted by molar-refractivity contribution is -0.141. The van der Waals surface area contributed by atoms with Crippen LogP contribution in [0, 0.1) is 6.92 Å². The Hall–Kier alpha value is -3.58. The van der Waals surface area contributed by atoms with Crippen molar-refractivity contribution in [1.29, 1.82) is 0 Å². The lowest BCUT2D eigenvalue weighted by Gasteiger charge is -2.10. The Bertz CT molecular complexity index is 1290. The molecular weight excluding hydrogens is 424 g/mol. The summed E-state index contributed by atoms with van der Waals surface area (Å²) in [5.74, 6) is 1.85. The summed E-state index contributed by atoms with van der Waals surface area (Å²) in [7, 11) is 0. The topological polar surface area (TPSA) is 70.5 Å². The third-order valence-corrected chi connectivity index (χ3v) is 5.98. The molecule has 1 aliphatic rings. The first-order chi connectivity index (χ1) is 15.7. The summed E-state index contributed by atoms with van der Waals surface area (Å²) in [6, 6.07) is 21.4. The summed E-state index contributed by atoms with van der Waals surface area (Å²) < 4.78 is 16.1. The molecule has 1 aliphatic heterocycles. The minimum absolute atomic E-state index is 0.152. The van der Waals surface area contributed by atoms with E-state index in [0.717, 1.165) is 32.6 Å². The summed E-state index contributed by atoms with van der Waals surface area (Å²) in [4.78, 5) is 21.9. The number of carbonyl (C=O) groups excluding carboxylic acids is 1. The van der Waals surface area contributed by atoms with Gasteiger partial charge in [0.15, 0.2) is 17.3 Å². The quantitative estimate of drug-likeness (QED) is 0.231. The molecule has 160 valence electrons. The highest BCUT2D eigenvalue weighted by atomic mass is 32.2. The molecule has 7 heteroatoms. The molecule has 3 aromatic carbocycles. The lowest BCUT2D eigenvalue weighted by atomic mass is 10.1. The van der Waals surface area contributed by atoms with Crippen LogP contribution >= 0.6 is 11.8 Å². The number of nitrogens with zero attached hydrogens (tertiary/aromatic N) is 2. The molecule has 1 aromatic heterocycles. The average Bonchev–Trinajstić information content (AvgIpc) is 3.29. The van der Waals surface area contributed by atoms with Crippen LogP contribution < -0.4 is 9.47 Å². The summed E-state index contributed by atoms with van der Waals surface area (Å²) in [5, 5.41) is 1.69. The number of esters is 1. The molecule has 4 aromatic rings. The second-order valence-corrected chi connectivity index (χ2v) is 8.34. The monoisotopic (exact) mass is 444 g/mol. The maximum atomic E-state index is 12.4. The van der Waals surface area contributed by atoms with Gasteiger partial charge in [0.25, 0.3) is 0 Å². The van der Waals surface area contributed by atoms with Crippen LogP contribution in [0.5, 0.6) is 11.5 Å². The van der Waals surface area contributed by atoms with Crippen LogP contribution in [0.2, 0.25) is 0 Å². The van der Waals surface area contributed by atoms with Crippen LogP contribution in [-0.4, -0.2) is 28.5 Å². The minimum atomic E-state index is -0.312. The standard InChI is InChI=1S/C25H20N2O4S/c1-16-7-9-20-19(11-16)25(27-24(26-20)18-5-3-2-4-6-18)32-14-23(28)29-13-17-8-10-21-22(12-17)31-15-30-21/h2-12H,13-15H2,1H3. The van der Waals surface area contributed by atoms with Crippen LogP contribution in [-0.2, 0) is 16.1 Å². The van der Waals surface area contributed by atoms with Gasteiger partial charge in [0.1, 0.15) is 11.6 Å². The maximum absolute atomic E-state index is 12.4. The molecule has 0 saturated carbocycles. The van der Waals surface area contributed by atoms with Crippen molar-refractivity contribution < 1.29 is 19.0 Å². The van der Waals surface area contributed by atoms with Crippen molar-refractivity contribution >= 4 is 28.6 Å². The molecule has 0 saturated heterocycles. The Morgan fingerprint density at radius 3 is 2.72 bits per heavy atom. The molecule has 0 unspecified atom stereocenters. The van der Waals surface area contributed by atoms with E-state index >= 15 is 0 Å². The van der Waals surface area contributed by atoms with Gasteiger partial charge in [-0.1, -0.05) is 59.8 Å². The van der Waals surface area contributed by atoms with Gasteiger partial charge in [-0.15, -0.1) is 0 Å². The number of hydrogen-bond donors (Lipinski definition) is 0. The van der Waals surface area contributed by atoms with Crippen LogP contribution in [0.25, 0.3) is 22.3 Å². The van der Waals surface area contributed by atoms with Gasteiger partial charge >= 0.3 is 5.97 Å². The SMILES string of the molecule is Cc1ccc2nc(-c3ccccc3)nc(SCC(=O)OCc3ccc4c(c3)OCO4)c2c1. The summed E-state index contributed by atoms with van der Waals surface area (Å²) in [6.45, 7) is 2.42. The molecule has 32 heavy (non-hydrogen) atoms. The molecule has 0 bridgehead atoms. The molecule has 6 nitrogen and oxygen atoms in total. The number of ether oxygens (including phenoxy) is 3. The molecular formula is C25H20N2O4S. The highest BCUT2D eigenvalue weighted by molar-refractivity contribution is 8.00. The van der Waals surface area contributed by atoms with Gasteiger partial charge in [-0.05, 0) is 36.8 Å². The Labute approximate surface area is 189 Å². The Morgan fingerprint density at radius 2 is 1.84 bits per heavy atom. The van der Waals surface area contributed by atoms with Gasteiger partial charge in [-0.3, -0.25) is 4.79 Å². The number of rotatable bonds is 6. The van der Waals surface area contributed by atoms with E-state index in [2.05, 4.69) is 0 Å². The highest BCUT2D eigenvalue weighted by Gasteiger charge is 2.15. The lowest BCUT2D eigenvalue weighted by Crippen LogP contribution is -2.08. The van der Waals surface area contributed by atoms with Crippen molar-refractivity contribution in [1.82, 2.24) is 9.97 Å². The number of aryl methyl sites for hydroxylation is 1. The number of benzene rings is 3. The van der Waals surface area contributed by atoms with E-state index in [-0.39, 0.29) is 25.1 Å². The zero-order chi connectivity index (χ0) is 21.9. The van der Waals surface area contributed by atoms with Crippen molar-refractivity contribution in [3.05, 3.63) is 77.9 Å². The second-order valence-electron chi connectivity index (χ2n) is 7.38. The molecule has 5 rings (SSSR count). The summed E-state index contributed by atoms with van der Waals surface area (Å²) >= 11 is 1.36. The third kappa shape index (κ3) is 4.38. The van der Waals surface area contributed by atoms with Crippen molar-refractivity contribution in [3.8, 4) is 22.9 Å². The van der Waals surface area contributed by atoms with Crippen LogP contribution in [0.15, 0.2) is 71.8 Å². The van der Waals surface area contributed by atoms with Gasteiger partial charge in [-0.2, -0.15) is 0 Å². The largest absolute Gasteiger partial charge is 0.460 e. The number of carbonyl (C=O) groups is 1. The normalized spacial score (nSPS) is 12.2. The predicted molar refractivity (Wildman–Crippen MR) is 123 cm³/mol. The van der Waals surface area contributed by atoms with E-state index in [0.29, 0.717) is 17.3 Å². The first kappa shape index (κ1) is 20.3. The van der Waals surface area contributed by atoms with Crippen molar-refractivity contribution in [3.63, 3.8) is 0 Å². The zero-order valence-electron chi connectivity index (χ0n) is 17.4. The molecule has 0 fully saturated rings. The van der Waals surface area contributed by atoms with Crippen LogP contribution in [0.1, 0.15) is 11.1 Å². The van der Waals surface area contributed by atoms with E-state index in [9.17, 15) is 4.79 Å². The maximum Gasteiger partial charge on any atom is 0.316 e. The molecule has 0 N–H and O–H groups in total. The molecule has 2 heterocycles. The Morgan fingerprint density at radius 1 is 1.00 bits per heavy atom. The zero-order valence-corrected chi connectivity index (χ0v) is 18.2. The van der Waals surface area contributed by atoms with E-state index in [1.165, 1.54) is 11.8 Å². The number of thioether (sulfide) groups is 1. The Kier molecular flexibility index (Phi) is 5.64. The van der Waals surface area contributed by atoms with Gasteiger partial charge in [0.2, 0.25) is 6.79 Å². The molecule has 0 amide bonds. The average molecular weight is 445 g/mol. The summed E-state index contributed by atoms with van der Waals surface area (Å²) in [6.07, 6.45) is 0. The van der Waals surface area contributed by atoms with Gasteiger partial charge in [0, 0.05) is 10.9 Å². The van der Waals surface area contributed by atoms with Gasteiger partial charge in [-0.25, -0.2) is 9.97 Å². The van der Waals surface area contributed by atoms with E-state index in [4.69, 9.17) is 24.2 Å². The van der Waals surface area contributed by atoms with Crippen molar-refractivity contribution in [2.24, 2.45) is 0 Å². The fourth-order valence-corrected chi connectivity index (χ4v) is 4.21. The number of aromatic nitrogens is 2. The van der Waals surface area contributed by atoms with Crippen LogP contribution in [0.4, 0.5) is 0 Å². The van der Waals surface area contributed by atoms with Crippen molar-refractivity contribution in [2.45, 2.75) is 18.6 Å². The predicted octanol–water partition coefficient (Wildman–Crippen LogP) is 5.17. The second kappa shape index (κ2) is 8.88. The smallest absolute Gasteiger partial charge is 0.316 e. The van der Waals surface area contributed by atoms with Gasteiger partial charge < -0.3 is 14.2 Å². The van der Waals surface area contributed by atoms with E-state index in [1.807, 2.05) is 73.7 Å². The Balaban J connectivity index is 1.31. The molecule has 0 radical (unpaired) electrons. The molecule has 0 spiro atoms. The minimum Gasteiger partial charge on any atom is -0.460 e. The van der Waals surface area contributed by atoms with E-state index < -0.39 is 0 Å². The number of hydrogen-bond acceptors (Lipinski definition) is 7. The number of fused-ring (bicyclic) bond motifs is 2. The fourth-order valence-electron chi connectivity index (χ4n) is 3.40. The molecule has 0 aliphatic carbocycles.